The Morgan fingerprint density at radius 1 is 0.621 bits per heavy atom. The van der Waals surface area contributed by atoms with Gasteiger partial charge < -0.3 is 9.66 Å². The summed E-state index contributed by atoms with van der Waals surface area (Å²) in [5.41, 5.74) is 0. The second kappa shape index (κ2) is 22.7. The normalized spacial score (nSPS) is 13.8. The minimum absolute atomic E-state index is 0. The fraction of sp³-hybridized carbons (Fsp3) is 1.00. The number of aliphatic hydroxyl groups excluding tert-OH is 1. The molecule has 1 N–H and O–H groups in total. The Morgan fingerprint density at radius 3 is 1.45 bits per heavy atom. The Hall–Kier alpha value is 1.51. The molecule has 0 saturated carbocycles. The Labute approximate surface area is 224 Å². The van der Waals surface area contributed by atoms with E-state index >= 15 is 0 Å². The maximum absolute atomic E-state index is 11.5. The molecule has 0 rings (SSSR count). The fourth-order valence-corrected chi connectivity index (χ4v) is 4.68. The molecule has 0 aromatic heterocycles. The molecule has 2 unspecified atom stereocenters. The summed E-state index contributed by atoms with van der Waals surface area (Å²) in [4.78, 5) is 0. The van der Waals surface area contributed by atoms with Gasteiger partial charge in [0.1, 0.15) is 0 Å². The van der Waals surface area contributed by atoms with Crippen molar-refractivity contribution in [1.29, 1.82) is 0 Å². The van der Waals surface area contributed by atoms with Crippen LogP contribution in [0, 0.1) is 0 Å². The van der Waals surface area contributed by atoms with E-state index in [9.17, 15) is 18.1 Å². The average Bonchev–Trinajstić information content (AvgIpc) is 2.64. The van der Waals surface area contributed by atoms with E-state index in [0.29, 0.717) is 25.7 Å². The van der Waals surface area contributed by atoms with Gasteiger partial charge in [-0.1, -0.05) is 110 Å². The molecule has 0 fully saturated rings. The molecule has 4 nitrogen and oxygen atoms in total. The van der Waals surface area contributed by atoms with Crippen LogP contribution in [0.15, 0.2) is 0 Å². The zero-order valence-corrected chi connectivity index (χ0v) is 23.6. The third-order valence-corrected chi connectivity index (χ3v) is 7.04. The first-order chi connectivity index (χ1) is 13.4. The maximum atomic E-state index is 11.5. The van der Waals surface area contributed by atoms with Gasteiger partial charge in [0.15, 0.2) is 0 Å². The zero-order valence-electron chi connectivity index (χ0n) is 19.7. The first-order valence-electron chi connectivity index (χ1n) is 12.0. The van der Waals surface area contributed by atoms with Gasteiger partial charge in [0.05, 0.1) is 16.2 Å². The number of rotatable bonds is 21. The third-order valence-electron chi connectivity index (χ3n) is 5.75. The SMILES string of the molecule is CCCCCCCCCCCCCCC(CCC(O)CCCCC)S(=O)(=O)[O-].[K+]. The van der Waals surface area contributed by atoms with Crippen molar-refractivity contribution >= 4 is 10.1 Å². The topological polar surface area (TPSA) is 77.4 Å². The van der Waals surface area contributed by atoms with E-state index in [-0.39, 0.29) is 51.4 Å². The summed E-state index contributed by atoms with van der Waals surface area (Å²) in [6.07, 6.45) is 19.3. The van der Waals surface area contributed by atoms with Crippen LogP contribution in [0.3, 0.4) is 0 Å². The molecule has 2 atom stereocenters. The van der Waals surface area contributed by atoms with Crippen molar-refractivity contribution in [2.24, 2.45) is 0 Å². The van der Waals surface area contributed by atoms with Gasteiger partial charge >= 0.3 is 51.4 Å². The summed E-state index contributed by atoms with van der Waals surface area (Å²) >= 11 is 0. The predicted molar refractivity (Wildman–Crippen MR) is 119 cm³/mol. The second-order valence-electron chi connectivity index (χ2n) is 8.52. The van der Waals surface area contributed by atoms with Gasteiger partial charge in [-0.25, -0.2) is 8.42 Å². The van der Waals surface area contributed by atoms with E-state index < -0.39 is 21.5 Å². The first-order valence-corrected chi connectivity index (χ1v) is 13.5. The molecule has 29 heavy (non-hydrogen) atoms. The molecule has 0 aliphatic rings. The van der Waals surface area contributed by atoms with E-state index in [1.807, 2.05) is 0 Å². The van der Waals surface area contributed by atoms with Gasteiger partial charge in [-0.15, -0.1) is 0 Å². The number of hydrogen-bond donors (Lipinski definition) is 1. The molecule has 6 heteroatoms. The summed E-state index contributed by atoms with van der Waals surface area (Å²) in [6, 6.07) is 0. The Bertz CT molecular complexity index is 429. The number of hydrogen-bond acceptors (Lipinski definition) is 4. The van der Waals surface area contributed by atoms with E-state index in [2.05, 4.69) is 13.8 Å². The van der Waals surface area contributed by atoms with Gasteiger partial charge in [-0.3, -0.25) is 0 Å². The van der Waals surface area contributed by atoms with E-state index in [0.717, 1.165) is 38.5 Å². The van der Waals surface area contributed by atoms with Crippen LogP contribution >= 0.6 is 0 Å². The summed E-state index contributed by atoms with van der Waals surface area (Å²) in [5.74, 6) is 0. The molecule has 0 bridgehead atoms. The smallest absolute Gasteiger partial charge is 0.748 e. The second-order valence-corrected chi connectivity index (χ2v) is 10.2. The summed E-state index contributed by atoms with van der Waals surface area (Å²) < 4.78 is 34.5. The molecule has 0 aliphatic carbocycles. The molecule has 0 aromatic carbocycles. The third kappa shape index (κ3) is 22.5. The Balaban J connectivity index is 0. The molecule has 0 aromatic rings. The Kier molecular flexibility index (Phi) is 25.6. The van der Waals surface area contributed by atoms with Crippen molar-refractivity contribution in [3.05, 3.63) is 0 Å². The molecular weight excluding hydrogens is 411 g/mol. The minimum atomic E-state index is -4.26. The van der Waals surface area contributed by atoms with Gasteiger partial charge in [0.2, 0.25) is 0 Å². The van der Waals surface area contributed by atoms with Crippen molar-refractivity contribution in [3.63, 3.8) is 0 Å². The molecule has 0 saturated heterocycles. The Morgan fingerprint density at radius 2 is 1.00 bits per heavy atom. The van der Waals surface area contributed by atoms with Crippen LogP contribution in [0.5, 0.6) is 0 Å². The van der Waals surface area contributed by atoms with Gasteiger partial charge in [0.25, 0.3) is 0 Å². The zero-order chi connectivity index (χ0) is 21.1. The van der Waals surface area contributed by atoms with E-state index in [4.69, 9.17) is 0 Å². The van der Waals surface area contributed by atoms with E-state index in [1.54, 1.807) is 0 Å². The van der Waals surface area contributed by atoms with Crippen LogP contribution < -0.4 is 51.4 Å². The van der Waals surface area contributed by atoms with Crippen LogP contribution in [0.2, 0.25) is 0 Å². The van der Waals surface area contributed by atoms with Crippen molar-refractivity contribution in [1.82, 2.24) is 0 Å². The predicted octanol–water partition coefficient (Wildman–Crippen LogP) is 3.72. The fourth-order valence-electron chi connectivity index (χ4n) is 3.80. The van der Waals surface area contributed by atoms with Gasteiger partial charge in [0, 0.05) is 5.25 Å². The summed E-state index contributed by atoms with van der Waals surface area (Å²) in [7, 11) is -4.26. The van der Waals surface area contributed by atoms with Gasteiger partial charge in [-0.05, 0) is 25.7 Å². The van der Waals surface area contributed by atoms with Crippen molar-refractivity contribution < 1.29 is 69.5 Å². The monoisotopic (exact) mass is 458 g/mol. The van der Waals surface area contributed by atoms with Crippen LogP contribution in [0.25, 0.3) is 0 Å². The van der Waals surface area contributed by atoms with Crippen molar-refractivity contribution in [3.8, 4) is 0 Å². The summed E-state index contributed by atoms with van der Waals surface area (Å²) in [6.45, 7) is 4.35. The van der Waals surface area contributed by atoms with Gasteiger partial charge in [-0.2, -0.15) is 0 Å². The van der Waals surface area contributed by atoms with E-state index in [1.165, 1.54) is 57.8 Å². The molecule has 0 spiro atoms. The van der Waals surface area contributed by atoms with Crippen LogP contribution in [0.4, 0.5) is 0 Å². The minimum Gasteiger partial charge on any atom is -0.748 e. The van der Waals surface area contributed by atoms with Crippen LogP contribution in [-0.4, -0.2) is 29.4 Å². The first kappa shape index (κ1) is 32.7. The number of aliphatic hydroxyl groups is 1. The molecule has 0 radical (unpaired) electrons. The maximum Gasteiger partial charge on any atom is 1.00 e. The summed E-state index contributed by atoms with van der Waals surface area (Å²) in [5, 5.41) is 9.14. The quantitative estimate of drug-likeness (QED) is 0.162. The molecule has 0 aliphatic heterocycles. The number of unbranched alkanes of at least 4 members (excludes halogenated alkanes) is 13. The largest absolute Gasteiger partial charge is 1.00 e. The molecule has 0 amide bonds. The molecule has 0 heterocycles. The molecule has 170 valence electrons. The van der Waals surface area contributed by atoms with Crippen LogP contribution in [-0.2, 0) is 10.1 Å². The van der Waals surface area contributed by atoms with Crippen molar-refractivity contribution in [2.45, 2.75) is 147 Å². The van der Waals surface area contributed by atoms with Crippen LogP contribution in [0.1, 0.15) is 136 Å². The average molecular weight is 459 g/mol. The molecular formula is C23H47KO4S. The van der Waals surface area contributed by atoms with Crippen molar-refractivity contribution in [2.75, 3.05) is 0 Å². The standard InChI is InChI=1S/C23H48O4S.K/c1-3-5-7-8-9-10-11-12-13-14-15-17-19-23(28(25,26)27)21-20-22(24)18-16-6-4-2;/h22-24H,3-21H2,1-2H3,(H,25,26,27);/q;+1/p-1.